The van der Waals surface area contributed by atoms with Crippen LogP contribution in [0.2, 0.25) is 0 Å². The van der Waals surface area contributed by atoms with Gasteiger partial charge in [-0.05, 0) is 50.1 Å². The smallest absolute Gasteiger partial charge is 0.155 e. The zero-order valence-corrected chi connectivity index (χ0v) is 17.1. The Bertz CT molecular complexity index is 1180. The third kappa shape index (κ3) is 3.50. The van der Waals surface area contributed by atoms with Gasteiger partial charge in [0.05, 0.1) is 12.0 Å². The number of benzene rings is 3. The summed E-state index contributed by atoms with van der Waals surface area (Å²) in [7, 11) is 0. The van der Waals surface area contributed by atoms with E-state index in [-0.39, 0.29) is 12.4 Å². The first-order valence-corrected chi connectivity index (χ1v) is 9.31. The van der Waals surface area contributed by atoms with E-state index in [1.807, 2.05) is 50.2 Å². The normalized spacial score (nSPS) is 11.9. The fourth-order valence-electron chi connectivity index (χ4n) is 3.30. The van der Waals surface area contributed by atoms with Crippen LogP contribution in [0.25, 0.3) is 33.3 Å². The molecule has 0 saturated carbocycles. The molecule has 1 aliphatic heterocycles. The van der Waals surface area contributed by atoms with E-state index in [0.29, 0.717) is 23.6 Å². The van der Waals surface area contributed by atoms with Crippen molar-refractivity contribution in [2.75, 3.05) is 18.9 Å². The number of aryl methyl sites for hydroxylation is 1. The van der Waals surface area contributed by atoms with Gasteiger partial charge < -0.3 is 14.9 Å². The van der Waals surface area contributed by atoms with Crippen molar-refractivity contribution in [2.45, 2.75) is 27.2 Å². The lowest BCUT2D eigenvalue weighted by molar-refractivity contribution is 0.318. The molecule has 146 valence electrons. The third-order valence-corrected chi connectivity index (χ3v) is 4.61. The van der Waals surface area contributed by atoms with Gasteiger partial charge in [-0.3, -0.25) is 4.99 Å². The van der Waals surface area contributed by atoms with E-state index in [1.165, 1.54) is 0 Å². The largest absolute Gasteiger partial charge is 0.494 e. The van der Waals surface area contributed by atoms with Gasteiger partial charge in [0.1, 0.15) is 17.0 Å². The molecule has 0 spiro atoms. The van der Waals surface area contributed by atoms with E-state index in [2.05, 4.69) is 11.9 Å². The van der Waals surface area contributed by atoms with Gasteiger partial charge in [-0.15, -0.1) is 12.4 Å². The van der Waals surface area contributed by atoms with Crippen molar-refractivity contribution in [3.05, 3.63) is 47.3 Å². The van der Waals surface area contributed by atoms with Gasteiger partial charge in [0, 0.05) is 35.1 Å². The van der Waals surface area contributed by atoms with Gasteiger partial charge in [0.2, 0.25) is 0 Å². The molecule has 5 nitrogen and oxygen atoms in total. The van der Waals surface area contributed by atoms with Crippen LogP contribution in [-0.4, -0.2) is 18.1 Å². The van der Waals surface area contributed by atoms with E-state index in [1.54, 1.807) is 0 Å². The van der Waals surface area contributed by atoms with Crippen molar-refractivity contribution >= 4 is 40.0 Å². The second kappa shape index (κ2) is 8.07. The summed E-state index contributed by atoms with van der Waals surface area (Å²) in [6.07, 6.45) is 0.957. The van der Waals surface area contributed by atoms with Crippen LogP contribution in [0.15, 0.2) is 45.8 Å². The molecule has 2 aromatic carbocycles. The van der Waals surface area contributed by atoms with E-state index >= 15 is 0 Å². The number of fused-ring (bicyclic) bond motifs is 4. The van der Waals surface area contributed by atoms with Crippen LogP contribution in [0.5, 0.6) is 5.75 Å². The highest BCUT2D eigenvalue weighted by molar-refractivity contribution is 6.10. The Kier molecular flexibility index (Phi) is 5.75. The molecule has 6 heteroatoms. The number of anilines is 1. The standard InChI is InChI=1S/C22H23N3O2.ClH/c1-4-8-26-14-6-7-15-16(10-14)22-21(11-17(15)23)27-20-12-18(24-5-2)13(3)9-19(20)25-22;/h6-7,9-12H,4-5,8,23H2,1-3H3;1H. The Labute approximate surface area is 170 Å². The van der Waals surface area contributed by atoms with Crippen LogP contribution in [0.3, 0.4) is 0 Å². The lowest BCUT2D eigenvalue weighted by atomic mass is 10.1. The van der Waals surface area contributed by atoms with Crippen molar-refractivity contribution in [1.82, 2.24) is 4.98 Å². The van der Waals surface area contributed by atoms with Gasteiger partial charge in [-0.2, -0.15) is 0 Å². The van der Waals surface area contributed by atoms with Gasteiger partial charge in [0.25, 0.3) is 0 Å². The third-order valence-electron chi connectivity index (χ3n) is 4.61. The molecular formula is C22H24ClN3O2. The van der Waals surface area contributed by atoms with Gasteiger partial charge in [-0.25, -0.2) is 4.98 Å². The molecule has 0 fully saturated rings. The molecule has 0 bridgehead atoms. The van der Waals surface area contributed by atoms with Crippen LogP contribution in [0.4, 0.5) is 5.69 Å². The summed E-state index contributed by atoms with van der Waals surface area (Å²) in [5.41, 5.74) is 10.3. The molecule has 28 heavy (non-hydrogen) atoms. The SMILES string of the molecule is CCCOc1ccc2c(N)cc3oc4cc(=NCC)c(C)cc-4nc3c2c1.Cl. The number of nitrogens with zero attached hydrogens (tertiary/aromatic N) is 2. The fourth-order valence-corrected chi connectivity index (χ4v) is 3.30. The zero-order valence-electron chi connectivity index (χ0n) is 16.3. The van der Waals surface area contributed by atoms with Crippen molar-refractivity contribution in [2.24, 2.45) is 4.99 Å². The molecule has 2 N–H and O–H groups in total. The summed E-state index contributed by atoms with van der Waals surface area (Å²) < 4.78 is 11.9. The minimum atomic E-state index is 0. The van der Waals surface area contributed by atoms with E-state index in [9.17, 15) is 0 Å². The fraction of sp³-hybridized carbons (Fsp3) is 0.273. The summed E-state index contributed by atoms with van der Waals surface area (Å²) >= 11 is 0. The van der Waals surface area contributed by atoms with Crippen LogP contribution in [-0.2, 0) is 0 Å². The van der Waals surface area contributed by atoms with E-state index in [4.69, 9.17) is 19.9 Å². The van der Waals surface area contributed by atoms with Gasteiger partial charge in [-0.1, -0.05) is 6.92 Å². The number of hydrogen-bond acceptors (Lipinski definition) is 5. The topological polar surface area (TPSA) is 73.6 Å². The lowest BCUT2D eigenvalue weighted by Gasteiger charge is -2.12. The minimum absolute atomic E-state index is 0. The maximum atomic E-state index is 6.27. The van der Waals surface area contributed by atoms with Crippen molar-refractivity contribution < 1.29 is 9.15 Å². The second-order valence-electron chi connectivity index (χ2n) is 6.66. The van der Waals surface area contributed by atoms with Gasteiger partial charge >= 0.3 is 0 Å². The summed E-state index contributed by atoms with van der Waals surface area (Å²) in [4.78, 5) is 9.40. The number of nitrogen functional groups attached to an aromatic ring is 1. The monoisotopic (exact) mass is 397 g/mol. The summed E-state index contributed by atoms with van der Waals surface area (Å²) in [6, 6.07) is 11.7. The molecule has 0 radical (unpaired) electrons. The number of aromatic nitrogens is 1. The Balaban J connectivity index is 0.00000225. The Morgan fingerprint density at radius 2 is 1.93 bits per heavy atom. The van der Waals surface area contributed by atoms with Crippen molar-refractivity contribution in [1.29, 1.82) is 0 Å². The zero-order chi connectivity index (χ0) is 19.0. The number of rotatable bonds is 4. The molecule has 1 heterocycles. The quantitative estimate of drug-likeness (QED) is 0.295. The van der Waals surface area contributed by atoms with E-state index < -0.39 is 0 Å². The molecule has 0 aromatic heterocycles. The average molecular weight is 398 g/mol. The van der Waals surface area contributed by atoms with Crippen LogP contribution in [0.1, 0.15) is 25.8 Å². The number of halogens is 1. The Morgan fingerprint density at radius 3 is 2.68 bits per heavy atom. The van der Waals surface area contributed by atoms with Crippen LogP contribution < -0.4 is 15.8 Å². The first-order chi connectivity index (χ1) is 13.1. The van der Waals surface area contributed by atoms with Crippen LogP contribution >= 0.6 is 12.4 Å². The molecule has 0 saturated heterocycles. The highest BCUT2D eigenvalue weighted by Gasteiger charge is 2.15. The predicted octanol–water partition coefficient (Wildman–Crippen LogP) is 5.11. The molecular weight excluding hydrogens is 374 g/mol. The molecule has 0 amide bonds. The molecule has 2 aromatic rings. The van der Waals surface area contributed by atoms with Crippen molar-refractivity contribution in [3.8, 4) is 17.2 Å². The van der Waals surface area contributed by atoms with Crippen LogP contribution in [0, 0.1) is 6.92 Å². The first kappa shape index (κ1) is 20.0. The average Bonchev–Trinajstić information content (AvgIpc) is 2.66. The second-order valence-corrected chi connectivity index (χ2v) is 6.66. The molecule has 1 aliphatic carbocycles. The molecule has 0 atom stereocenters. The number of nitrogens with two attached hydrogens (primary N) is 1. The van der Waals surface area contributed by atoms with Gasteiger partial charge in [0.15, 0.2) is 11.3 Å². The summed E-state index contributed by atoms with van der Waals surface area (Å²) in [5, 5.41) is 2.81. The Hall–Kier alpha value is -2.79. The highest BCUT2D eigenvalue weighted by Crippen LogP contribution is 2.34. The van der Waals surface area contributed by atoms with Crippen molar-refractivity contribution in [3.63, 3.8) is 0 Å². The maximum absolute atomic E-state index is 6.27. The molecule has 0 unspecified atom stereocenters. The summed E-state index contributed by atoms with van der Waals surface area (Å²) in [6.45, 7) is 7.55. The maximum Gasteiger partial charge on any atom is 0.155 e. The molecule has 2 aliphatic rings. The number of hydrogen-bond donors (Lipinski definition) is 1. The number of ether oxygens (including phenoxy) is 1. The first-order valence-electron chi connectivity index (χ1n) is 9.31. The molecule has 4 rings (SSSR count). The minimum Gasteiger partial charge on any atom is -0.494 e. The summed E-state index contributed by atoms with van der Waals surface area (Å²) in [5.74, 6) is 1.52. The lowest BCUT2D eigenvalue weighted by Crippen LogP contribution is -2.09. The van der Waals surface area contributed by atoms with E-state index in [0.717, 1.165) is 51.6 Å². The highest BCUT2D eigenvalue weighted by atomic mass is 35.5. The predicted molar refractivity (Wildman–Crippen MR) is 116 cm³/mol. The Morgan fingerprint density at radius 1 is 1.11 bits per heavy atom.